The van der Waals surface area contributed by atoms with Crippen LogP contribution < -0.4 is 0 Å². The Kier molecular flexibility index (Phi) is 14.6. The van der Waals surface area contributed by atoms with Gasteiger partial charge in [-0.15, -0.1) is 0 Å². The molecular weight excluding hydrogens is 392 g/mol. The van der Waals surface area contributed by atoms with Crippen LogP contribution in [0.2, 0.25) is 0 Å². The van der Waals surface area contributed by atoms with Gasteiger partial charge >= 0.3 is 0 Å². The molecule has 2 unspecified atom stereocenters. The van der Waals surface area contributed by atoms with Crippen LogP contribution in [0.4, 0.5) is 0 Å². The van der Waals surface area contributed by atoms with Crippen molar-refractivity contribution in [2.45, 2.75) is 139 Å². The summed E-state index contributed by atoms with van der Waals surface area (Å²) in [5.41, 5.74) is 0. The Morgan fingerprint density at radius 2 is 0.655 bits per heavy atom. The van der Waals surface area contributed by atoms with Crippen molar-refractivity contribution in [2.75, 3.05) is 11.5 Å². The first kappa shape index (κ1) is 25.9. The van der Waals surface area contributed by atoms with E-state index in [1.165, 1.54) is 140 Å². The Labute approximate surface area is 191 Å². The van der Waals surface area contributed by atoms with Crippen LogP contribution in [0.15, 0.2) is 0 Å². The number of hydrogen-bond donors (Lipinski definition) is 0. The molecule has 0 amide bonds. The van der Waals surface area contributed by atoms with Crippen molar-refractivity contribution in [1.82, 2.24) is 0 Å². The van der Waals surface area contributed by atoms with Crippen molar-refractivity contribution in [2.24, 2.45) is 11.8 Å². The van der Waals surface area contributed by atoms with Gasteiger partial charge in [-0.05, 0) is 74.7 Å². The maximum absolute atomic E-state index is 2.30. The van der Waals surface area contributed by atoms with E-state index in [4.69, 9.17) is 0 Å². The highest BCUT2D eigenvalue weighted by atomic mass is 32.2. The zero-order valence-corrected chi connectivity index (χ0v) is 20.8. The highest BCUT2D eigenvalue weighted by Crippen LogP contribution is 2.37. The summed E-state index contributed by atoms with van der Waals surface area (Å²) in [5, 5.41) is 2.08. The Hall–Kier alpha value is 0.660. The van der Waals surface area contributed by atoms with Gasteiger partial charge in [-0.2, -0.15) is 23.5 Å². The Morgan fingerprint density at radius 1 is 0.345 bits per heavy atom. The van der Waals surface area contributed by atoms with Crippen LogP contribution in [-0.2, 0) is 0 Å². The summed E-state index contributed by atoms with van der Waals surface area (Å²) in [6.07, 6.45) is 30.3. The van der Waals surface area contributed by atoms with E-state index in [0.717, 1.165) is 22.3 Å². The average molecular weight is 443 g/mol. The molecule has 0 aromatic heterocycles. The van der Waals surface area contributed by atoms with Gasteiger partial charge in [0.15, 0.2) is 0 Å². The number of rotatable bonds is 2. The van der Waals surface area contributed by atoms with Crippen molar-refractivity contribution in [1.29, 1.82) is 0 Å². The third-order valence-corrected chi connectivity index (χ3v) is 10.9. The second-order valence-corrected chi connectivity index (χ2v) is 12.7. The Morgan fingerprint density at radius 3 is 1.03 bits per heavy atom. The van der Waals surface area contributed by atoms with Crippen LogP contribution in [0.5, 0.6) is 0 Å². The van der Waals surface area contributed by atoms with Gasteiger partial charge in [0.25, 0.3) is 0 Å². The minimum atomic E-state index is 0. The molecule has 0 aromatic carbocycles. The van der Waals surface area contributed by atoms with Gasteiger partial charge in [0.2, 0.25) is 0 Å². The first-order chi connectivity index (χ1) is 13.9. The molecule has 3 heteroatoms. The van der Waals surface area contributed by atoms with Gasteiger partial charge in [-0.3, -0.25) is 0 Å². The maximum Gasteiger partial charge on any atom is 0.00753 e. The monoisotopic (exact) mass is 442 g/mol. The normalized spacial score (nSPS) is 31.0. The van der Waals surface area contributed by atoms with E-state index < -0.39 is 0 Å². The van der Waals surface area contributed by atoms with Gasteiger partial charge in [-0.25, -0.2) is 0 Å². The SMILES string of the molecule is C1CCCC(C2CCCCCS2)CC1.C1CCCC(C2CCCCCS2)CC1.O. The summed E-state index contributed by atoms with van der Waals surface area (Å²) in [6, 6.07) is 0. The third-order valence-electron chi connectivity index (χ3n) is 7.78. The summed E-state index contributed by atoms with van der Waals surface area (Å²) in [6.45, 7) is 0. The summed E-state index contributed by atoms with van der Waals surface area (Å²) >= 11 is 4.60. The minimum Gasteiger partial charge on any atom is -0.412 e. The van der Waals surface area contributed by atoms with Crippen LogP contribution in [0, 0.1) is 11.8 Å². The molecule has 2 saturated heterocycles. The molecule has 29 heavy (non-hydrogen) atoms. The first-order valence-corrected chi connectivity index (χ1v) is 15.3. The largest absolute Gasteiger partial charge is 0.412 e. The van der Waals surface area contributed by atoms with Gasteiger partial charge in [0, 0.05) is 10.5 Å². The summed E-state index contributed by atoms with van der Waals surface area (Å²) < 4.78 is 0. The minimum absolute atomic E-state index is 0. The van der Waals surface area contributed by atoms with Crippen molar-refractivity contribution in [3.8, 4) is 0 Å². The third kappa shape index (κ3) is 10.2. The molecule has 0 spiro atoms. The van der Waals surface area contributed by atoms with Crippen molar-refractivity contribution in [3.63, 3.8) is 0 Å². The molecule has 1 nitrogen and oxygen atoms in total. The molecule has 172 valence electrons. The lowest BCUT2D eigenvalue weighted by atomic mass is 9.93. The van der Waals surface area contributed by atoms with E-state index in [-0.39, 0.29) is 5.48 Å². The Bertz CT molecular complexity index is 285. The lowest BCUT2D eigenvalue weighted by molar-refractivity contribution is 0.423. The quantitative estimate of drug-likeness (QED) is 0.402. The zero-order chi connectivity index (χ0) is 19.3. The van der Waals surface area contributed by atoms with Crippen LogP contribution in [0.3, 0.4) is 0 Å². The highest BCUT2D eigenvalue weighted by Gasteiger charge is 2.24. The second-order valence-electron chi connectivity index (χ2n) is 10.0. The molecular formula is C26H50OS2. The van der Waals surface area contributed by atoms with E-state index in [2.05, 4.69) is 23.5 Å². The van der Waals surface area contributed by atoms with Gasteiger partial charge in [0.05, 0.1) is 0 Å². The lowest BCUT2D eigenvalue weighted by Crippen LogP contribution is -2.16. The molecule has 2 heterocycles. The highest BCUT2D eigenvalue weighted by molar-refractivity contribution is 8.00. The van der Waals surface area contributed by atoms with Crippen LogP contribution >= 0.6 is 23.5 Å². The molecule has 0 bridgehead atoms. The molecule has 4 fully saturated rings. The molecule has 2 aliphatic carbocycles. The van der Waals surface area contributed by atoms with E-state index in [1.54, 1.807) is 0 Å². The van der Waals surface area contributed by atoms with E-state index >= 15 is 0 Å². The molecule has 2 aliphatic heterocycles. The predicted octanol–water partition coefficient (Wildman–Crippen LogP) is 8.44. The topological polar surface area (TPSA) is 31.5 Å². The molecule has 0 aromatic rings. The fourth-order valence-corrected chi connectivity index (χ4v) is 9.10. The van der Waals surface area contributed by atoms with E-state index in [9.17, 15) is 0 Å². The molecule has 2 saturated carbocycles. The van der Waals surface area contributed by atoms with Crippen molar-refractivity contribution in [3.05, 3.63) is 0 Å². The van der Waals surface area contributed by atoms with Crippen molar-refractivity contribution >= 4 is 23.5 Å². The number of thioether (sulfide) groups is 2. The van der Waals surface area contributed by atoms with Gasteiger partial charge in [-0.1, -0.05) is 77.0 Å². The standard InChI is InChI=1S/2C13H24S.H2O/c2*1-2-5-9-12(8-4-1)13-10-6-3-7-11-14-13;/h2*12-13H,1-11H2;1H2. The summed E-state index contributed by atoms with van der Waals surface area (Å²) in [4.78, 5) is 0. The van der Waals surface area contributed by atoms with Gasteiger partial charge in [0.1, 0.15) is 0 Å². The average Bonchev–Trinajstić information content (AvgIpc) is 3.32. The zero-order valence-electron chi connectivity index (χ0n) is 19.2. The van der Waals surface area contributed by atoms with Crippen LogP contribution in [0.25, 0.3) is 0 Å². The van der Waals surface area contributed by atoms with E-state index in [1.807, 2.05) is 0 Å². The fraction of sp³-hybridized carbons (Fsp3) is 1.00. The molecule has 4 rings (SSSR count). The lowest BCUT2D eigenvalue weighted by Gasteiger charge is -2.24. The smallest absolute Gasteiger partial charge is 0.00753 e. The molecule has 2 N–H and O–H groups in total. The summed E-state index contributed by atoms with van der Waals surface area (Å²) in [5.74, 6) is 5.06. The first-order valence-electron chi connectivity index (χ1n) is 13.2. The fourth-order valence-electron chi connectivity index (χ4n) is 5.99. The van der Waals surface area contributed by atoms with E-state index in [0.29, 0.717) is 0 Å². The predicted molar refractivity (Wildman–Crippen MR) is 135 cm³/mol. The van der Waals surface area contributed by atoms with Crippen molar-refractivity contribution < 1.29 is 5.48 Å². The number of hydrogen-bond acceptors (Lipinski definition) is 2. The maximum atomic E-state index is 2.30. The Balaban J connectivity index is 0.000000200. The molecule has 4 aliphatic rings. The second kappa shape index (κ2) is 16.3. The van der Waals surface area contributed by atoms with Gasteiger partial charge < -0.3 is 5.48 Å². The summed E-state index contributed by atoms with van der Waals surface area (Å²) in [7, 11) is 0. The van der Waals surface area contributed by atoms with Crippen LogP contribution in [0.1, 0.15) is 128 Å². The van der Waals surface area contributed by atoms with Crippen LogP contribution in [-0.4, -0.2) is 27.5 Å². The molecule has 0 radical (unpaired) electrons. The molecule has 2 atom stereocenters.